The minimum atomic E-state index is -4.70. The average molecular weight is 290 g/mol. The van der Waals surface area contributed by atoms with Crippen LogP contribution in [-0.2, 0) is 11.0 Å². The highest BCUT2D eigenvalue weighted by Crippen LogP contribution is 2.29. The molecule has 1 rings (SSSR count). The van der Waals surface area contributed by atoms with E-state index in [1.807, 2.05) is 0 Å². The van der Waals surface area contributed by atoms with Crippen LogP contribution in [-0.4, -0.2) is 28.5 Å². The van der Waals surface area contributed by atoms with E-state index in [-0.39, 0.29) is 13.0 Å². The van der Waals surface area contributed by atoms with Crippen LogP contribution in [0.15, 0.2) is 18.3 Å². The predicted molar refractivity (Wildman–Crippen MR) is 63.1 cm³/mol. The van der Waals surface area contributed by atoms with Gasteiger partial charge < -0.3 is 10.4 Å². The lowest BCUT2D eigenvalue weighted by atomic mass is 10.1. The molecule has 5 nitrogen and oxygen atoms in total. The maximum absolute atomic E-state index is 12.6. The second-order valence-corrected chi connectivity index (χ2v) is 4.00. The minimum Gasteiger partial charge on any atom is -0.481 e. The maximum atomic E-state index is 12.6. The van der Waals surface area contributed by atoms with E-state index >= 15 is 0 Å². The number of rotatable bonds is 6. The van der Waals surface area contributed by atoms with Gasteiger partial charge in [0.1, 0.15) is 0 Å². The molecule has 0 unspecified atom stereocenters. The first kappa shape index (κ1) is 15.9. The maximum Gasteiger partial charge on any atom is 0.434 e. The Morgan fingerprint density at radius 3 is 2.60 bits per heavy atom. The van der Waals surface area contributed by atoms with Gasteiger partial charge in [-0.2, -0.15) is 13.2 Å². The molecule has 0 aliphatic heterocycles. The number of nitrogens with one attached hydrogen (secondary N) is 1. The van der Waals surface area contributed by atoms with Crippen molar-refractivity contribution in [2.45, 2.75) is 25.4 Å². The summed E-state index contributed by atoms with van der Waals surface area (Å²) >= 11 is 0. The van der Waals surface area contributed by atoms with Gasteiger partial charge in [0.25, 0.3) is 5.91 Å². The molecule has 0 fully saturated rings. The molecule has 1 amide bonds. The number of nitrogens with zero attached hydrogens (tertiary/aromatic N) is 1. The van der Waals surface area contributed by atoms with Crippen molar-refractivity contribution in [2.75, 3.05) is 6.54 Å². The summed E-state index contributed by atoms with van der Waals surface area (Å²) in [4.78, 5) is 25.1. The number of hydrogen-bond donors (Lipinski definition) is 2. The topological polar surface area (TPSA) is 79.3 Å². The average Bonchev–Trinajstić information content (AvgIpc) is 2.36. The van der Waals surface area contributed by atoms with Gasteiger partial charge in [-0.3, -0.25) is 14.6 Å². The summed E-state index contributed by atoms with van der Waals surface area (Å²) in [6.07, 6.45) is -3.06. The number of halogens is 3. The predicted octanol–water partition coefficient (Wildman–Crippen LogP) is 2.09. The molecule has 0 aliphatic rings. The van der Waals surface area contributed by atoms with Crippen LogP contribution in [0.5, 0.6) is 0 Å². The van der Waals surface area contributed by atoms with E-state index in [4.69, 9.17) is 5.11 Å². The lowest BCUT2D eigenvalue weighted by molar-refractivity contribution is -0.141. The number of carbonyl (C=O) groups excluding carboxylic acids is 1. The number of aromatic nitrogens is 1. The fraction of sp³-hybridized carbons (Fsp3) is 0.417. The summed E-state index contributed by atoms with van der Waals surface area (Å²) in [6, 6.07) is 2.29. The first-order valence-electron chi connectivity index (χ1n) is 5.84. The Labute approximate surface area is 112 Å². The van der Waals surface area contributed by atoms with Crippen molar-refractivity contribution in [3.63, 3.8) is 0 Å². The van der Waals surface area contributed by atoms with Gasteiger partial charge in [0.05, 0.1) is 5.56 Å². The number of alkyl halides is 3. The van der Waals surface area contributed by atoms with E-state index in [1.54, 1.807) is 0 Å². The van der Waals surface area contributed by atoms with Crippen molar-refractivity contribution in [3.8, 4) is 0 Å². The van der Waals surface area contributed by atoms with Crippen LogP contribution < -0.4 is 5.32 Å². The molecule has 0 atom stereocenters. The van der Waals surface area contributed by atoms with Gasteiger partial charge in [0.15, 0.2) is 5.69 Å². The fourth-order valence-electron chi connectivity index (χ4n) is 1.51. The number of carboxylic acids is 1. The van der Waals surface area contributed by atoms with Crippen molar-refractivity contribution in [1.82, 2.24) is 10.3 Å². The monoisotopic (exact) mass is 290 g/mol. The van der Waals surface area contributed by atoms with Gasteiger partial charge in [-0.15, -0.1) is 0 Å². The Morgan fingerprint density at radius 1 is 1.30 bits per heavy atom. The third-order valence-corrected chi connectivity index (χ3v) is 2.42. The second kappa shape index (κ2) is 6.88. The van der Waals surface area contributed by atoms with E-state index in [9.17, 15) is 22.8 Å². The van der Waals surface area contributed by atoms with Crippen LogP contribution in [0.3, 0.4) is 0 Å². The lowest BCUT2D eigenvalue weighted by Gasteiger charge is -2.11. The Hall–Kier alpha value is -2.12. The van der Waals surface area contributed by atoms with Crippen LogP contribution in [0.4, 0.5) is 13.2 Å². The zero-order valence-electron chi connectivity index (χ0n) is 10.4. The summed E-state index contributed by atoms with van der Waals surface area (Å²) in [6.45, 7) is 0.109. The summed E-state index contributed by atoms with van der Waals surface area (Å²) in [7, 11) is 0. The minimum absolute atomic E-state index is 0.0451. The van der Waals surface area contributed by atoms with Gasteiger partial charge in [-0.1, -0.05) is 0 Å². The van der Waals surface area contributed by atoms with Crippen LogP contribution in [0, 0.1) is 0 Å². The molecule has 0 aliphatic carbocycles. The van der Waals surface area contributed by atoms with Gasteiger partial charge >= 0.3 is 12.1 Å². The number of hydrogen-bond acceptors (Lipinski definition) is 3. The molecule has 1 aromatic rings. The number of carbonyl (C=O) groups is 2. The number of unbranched alkanes of at least 4 members (excludes halogenated alkanes) is 1. The lowest BCUT2D eigenvalue weighted by Crippen LogP contribution is -2.27. The Balaban J connectivity index is 2.58. The second-order valence-electron chi connectivity index (χ2n) is 4.00. The molecule has 20 heavy (non-hydrogen) atoms. The van der Waals surface area contributed by atoms with E-state index in [0.29, 0.717) is 12.8 Å². The van der Waals surface area contributed by atoms with E-state index in [0.717, 1.165) is 12.3 Å². The fourth-order valence-corrected chi connectivity index (χ4v) is 1.51. The molecule has 110 valence electrons. The summed E-state index contributed by atoms with van der Waals surface area (Å²) in [5.41, 5.74) is -1.78. The largest absolute Gasteiger partial charge is 0.481 e. The van der Waals surface area contributed by atoms with Crippen molar-refractivity contribution in [1.29, 1.82) is 0 Å². The smallest absolute Gasteiger partial charge is 0.434 e. The number of amides is 1. The number of carboxylic acid groups (broad SMARTS) is 1. The molecular weight excluding hydrogens is 277 g/mol. The first-order valence-corrected chi connectivity index (χ1v) is 5.84. The molecule has 0 spiro atoms. The highest BCUT2D eigenvalue weighted by Gasteiger charge is 2.36. The first-order chi connectivity index (χ1) is 9.32. The molecule has 0 aromatic carbocycles. The van der Waals surface area contributed by atoms with Crippen LogP contribution in [0.2, 0.25) is 0 Å². The molecule has 2 N–H and O–H groups in total. The number of aliphatic carboxylic acids is 1. The van der Waals surface area contributed by atoms with Crippen LogP contribution in [0.1, 0.15) is 35.3 Å². The van der Waals surface area contributed by atoms with E-state index in [1.165, 1.54) is 6.07 Å². The summed E-state index contributed by atoms with van der Waals surface area (Å²) in [5.74, 6) is -1.83. The molecule has 1 heterocycles. The van der Waals surface area contributed by atoms with Crippen LogP contribution in [0.25, 0.3) is 0 Å². The molecular formula is C12H13F3N2O3. The standard InChI is InChI=1S/C12H13F3N2O3/c13-12(14,15)10-8(4-3-7-16-10)11(20)17-6-2-1-5-9(18)19/h3-4,7H,1-2,5-6H2,(H,17,20)(H,18,19). The van der Waals surface area contributed by atoms with Crippen molar-refractivity contribution in [3.05, 3.63) is 29.6 Å². The molecule has 0 saturated carbocycles. The Bertz CT molecular complexity index is 489. The highest BCUT2D eigenvalue weighted by molar-refractivity contribution is 5.95. The Morgan fingerprint density at radius 2 is 2.00 bits per heavy atom. The molecule has 0 radical (unpaired) electrons. The van der Waals surface area contributed by atoms with E-state index in [2.05, 4.69) is 10.3 Å². The normalized spacial score (nSPS) is 11.2. The molecule has 1 aromatic heterocycles. The van der Waals surface area contributed by atoms with Gasteiger partial charge in [-0.25, -0.2) is 0 Å². The third kappa shape index (κ3) is 4.87. The molecule has 8 heteroatoms. The molecule has 0 bridgehead atoms. The zero-order chi connectivity index (χ0) is 15.2. The highest BCUT2D eigenvalue weighted by atomic mass is 19.4. The van der Waals surface area contributed by atoms with E-state index < -0.39 is 29.3 Å². The summed E-state index contributed by atoms with van der Waals surface area (Å²) < 4.78 is 37.9. The van der Waals surface area contributed by atoms with Gasteiger partial charge in [-0.05, 0) is 25.0 Å². The van der Waals surface area contributed by atoms with Crippen molar-refractivity contribution >= 4 is 11.9 Å². The summed E-state index contributed by atoms with van der Waals surface area (Å²) in [5, 5.41) is 10.7. The SMILES string of the molecule is O=C(O)CCCCNC(=O)c1cccnc1C(F)(F)F. The third-order valence-electron chi connectivity index (χ3n) is 2.42. The molecule has 0 saturated heterocycles. The van der Waals surface area contributed by atoms with Gasteiger partial charge in [0, 0.05) is 19.2 Å². The Kier molecular flexibility index (Phi) is 5.48. The quantitative estimate of drug-likeness (QED) is 0.786. The van der Waals surface area contributed by atoms with Gasteiger partial charge in [0.2, 0.25) is 0 Å². The van der Waals surface area contributed by atoms with Crippen LogP contribution >= 0.6 is 0 Å². The zero-order valence-corrected chi connectivity index (χ0v) is 10.4. The van der Waals surface area contributed by atoms with Crippen molar-refractivity contribution in [2.24, 2.45) is 0 Å². The van der Waals surface area contributed by atoms with Crippen molar-refractivity contribution < 1.29 is 27.9 Å². The number of pyridine rings is 1.